The highest BCUT2D eigenvalue weighted by atomic mass is 16.5. The quantitative estimate of drug-likeness (QED) is 0.406. The summed E-state index contributed by atoms with van der Waals surface area (Å²) in [4.78, 5) is 28.2. The Morgan fingerprint density at radius 1 is 1.09 bits per heavy atom. The van der Waals surface area contributed by atoms with Crippen LogP contribution in [0.4, 0.5) is 0 Å². The lowest BCUT2D eigenvalue weighted by Crippen LogP contribution is -2.28. The van der Waals surface area contributed by atoms with E-state index in [1.165, 1.54) is 25.5 Å². The molecule has 2 aliphatic rings. The number of carboxylic acid groups (broad SMARTS) is 1. The van der Waals surface area contributed by atoms with Gasteiger partial charge in [0, 0.05) is 18.9 Å². The molecule has 2 N–H and O–H groups in total. The van der Waals surface area contributed by atoms with Gasteiger partial charge in [-0.1, -0.05) is 56.9 Å². The van der Waals surface area contributed by atoms with E-state index < -0.39 is 5.97 Å². The van der Waals surface area contributed by atoms with Gasteiger partial charge in [-0.25, -0.2) is 4.98 Å². The highest BCUT2D eigenvalue weighted by molar-refractivity contribution is 5.91. The Balaban J connectivity index is 1.41. The second-order valence-corrected chi connectivity index (χ2v) is 9.59. The highest BCUT2D eigenvalue weighted by Gasteiger charge is 2.51. The van der Waals surface area contributed by atoms with Gasteiger partial charge in [0.15, 0.2) is 5.69 Å². The summed E-state index contributed by atoms with van der Waals surface area (Å²) in [5, 5.41) is 12.1. The summed E-state index contributed by atoms with van der Waals surface area (Å²) < 4.78 is 12.1. The molecule has 1 amide bonds. The molecule has 2 fully saturated rings. The molecule has 2 aromatic rings. The number of aliphatic carboxylic acids is 1. The van der Waals surface area contributed by atoms with Crippen LogP contribution in [0.3, 0.4) is 0 Å². The monoisotopic (exact) mass is 468 g/mol. The number of oxazole rings is 1. The van der Waals surface area contributed by atoms with Crippen LogP contribution in [-0.2, 0) is 22.4 Å². The van der Waals surface area contributed by atoms with Crippen molar-refractivity contribution in [2.75, 3.05) is 6.54 Å². The molecule has 0 aliphatic carbocycles. The number of unbranched alkanes of at least 4 members (excludes halogenated alkanes) is 4. The molecule has 4 rings (SSSR count). The normalized spacial score (nSPS) is 23.3. The van der Waals surface area contributed by atoms with E-state index >= 15 is 0 Å². The Morgan fingerprint density at radius 3 is 2.65 bits per heavy atom. The van der Waals surface area contributed by atoms with Crippen molar-refractivity contribution < 1.29 is 23.8 Å². The van der Waals surface area contributed by atoms with E-state index in [2.05, 4.69) is 23.3 Å². The maximum absolute atomic E-state index is 12.6. The number of amides is 1. The van der Waals surface area contributed by atoms with Crippen LogP contribution >= 0.6 is 0 Å². The van der Waals surface area contributed by atoms with Crippen molar-refractivity contribution in [1.29, 1.82) is 0 Å². The molecular weight excluding hydrogens is 432 g/mol. The van der Waals surface area contributed by atoms with Gasteiger partial charge < -0.3 is 19.6 Å². The third-order valence-electron chi connectivity index (χ3n) is 7.21. The van der Waals surface area contributed by atoms with E-state index in [0.29, 0.717) is 24.6 Å². The van der Waals surface area contributed by atoms with Crippen LogP contribution in [0.15, 0.2) is 34.9 Å². The summed E-state index contributed by atoms with van der Waals surface area (Å²) in [7, 11) is 0. The average Bonchev–Trinajstić information content (AvgIpc) is 3.57. The molecule has 3 heterocycles. The summed E-state index contributed by atoms with van der Waals surface area (Å²) >= 11 is 0. The molecule has 0 saturated carbocycles. The number of hydrogen-bond donors (Lipinski definition) is 2. The van der Waals surface area contributed by atoms with Gasteiger partial charge in [0.25, 0.3) is 5.91 Å². The lowest BCUT2D eigenvalue weighted by Gasteiger charge is -2.26. The third-order valence-corrected chi connectivity index (χ3v) is 7.21. The second-order valence-electron chi connectivity index (χ2n) is 9.59. The van der Waals surface area contributed by atoms with Crippen LogP contribution in [0.1, 0.15) is 91.7 Å². The highest BCUT2D eigenvalue weighted by Crippen LogP contribution is 2.49. The van der Waals surface area contributed by atoms with Crippen molar-refractivity contribution in [2.45, 2.75) is 89.3 Å². The number of carboxylic acids is 1. The number of rotatable bonds is 13. The average molecular weight is 469 g/mol. The SMILES string of the molecule is CCCCCCCNC(=O)c1coc(C2C3CCC(O3)C2Cc2ccccc2CCC(=O)O)n1. The topological polar surface area (TPSA) is 102 Å². The van der Waals surface area contributed by atoms with Crippen LogP contribution in [-0.4, -0.2) is 40.7 Å². The third kappa shape index (κ3) is 5.87. The molecule has 1 aromatic carbocycles. The van der Waals surface area contributed by atoms with Crippen molar-refractivity contribution in [2.24, 2.45) is 5.92 Å². The van der Waals surface area contributed by atoms with Crippen LogP contribution in [0.25, 0.3) is 0 Å². The fourth-order valence-corrected chi connectivity index (χ4v) is 5.44. The fraction of sp³-hybridized carbons (Fsp3) is 0.593. The molecule has 2 saturated heterocycles. The molecule has 1 aromatic heterocycles. The number of nitrogens with one attached hydrogen (secondary N) is 1. The van der Waals surface area contributed by atoms with E-state index in [1.807, 2.05) is 18.2 Å². The minimum Gasteiger partial charge on any atom is -0.481 e. The van der Waals surface area contributed by atoms with E-state index in [1.54, 1.807) is 0 Å². The lowest BCUT2D eigenvalue weighted by atomic mass is 9.75. The number of ether oxygens (including phenoxy) is 1. The first-order valence-electron chi connectivity index (χ1n) is 12.7. The second kappa shape index (κ2) is 11.6. The number of fused-ring (bicyclic) bond motifs is 2. The maximum Gasteiger partial charge on any atom is 0.303 e. The zero-order valence-corrected chi connectivity index (χ0v) is 20.0. The Hall–Kier alpha value is -2.67. The van der Waals surface area contributed by atoms with Gasteiger partial charge in [-0.15, -0.1) is 0 Å². The van der Waals surface area contributed by atoms with E-state index in [4.69, 9.17) is 14.3 Å². The molecule has 4 atom stereocenters. The smallest absolute Gasteiger partial charge is 0.303 e. The molecule has 0 radical (unpaired) electrons. The Morgan fingerprint density at radius 2 is 1.85 bits per heavy atom. The summed E-state index contributed by atoms with van der Waals surface area (Å²) in [5.41, 5.74) is 2.55. The molecule has 2 aliphatic heterocycles. The Labute approximate surface area is 201 Å². The van der Waals surface area contributed by atoms with Gasteiger partial charge in [-0.05, 0) is 43.2 Å². The van der Waals surface area contributed by atoms with Gasteiger partial charge in [-0.2, -0.15) is 0 Å². The van der Waals surface area contributed by atoms with Crippen molar-refractivity contribution >= 4 is 11.9 Å². The number of aromatic nitrogens is 1. The van der Waals surface area contributed by atoms with Gasteiger partial charge in [0.05, 0.1) is 18.1 Å². The predicted octanol–water partition coefficient (Wildman–Crippen LogP) is 4.90. The first-order valence-corrected chi connectivity index (χ1v) is 12.7. The fourth-order valence-electron chi connectivity index (χ4n) is 5.44. The van der Waals surface area contributed by atoms with Crippen LogP contribution in [0, 0.1) is 5.92 Å². The van der Waals surface area contributed by atoms with E-state index in [-0.39, 0.29) is 36.4 Å². The van der Waals surface area contributed by atoms with E-state index in [0.717, 1.165) is 43.2 Å². The minimum atomic E-state index is -0.789. The number of hydrogen-bond acceptors (Lipinski definition) is 5. The van der Waals surface area contributed by atoms with Crippen molar-refractivity contribution in [3.8, 4) is 0 Å². The first-order chi connectivity index (χ1) is 16.6. The van der Waals surface area contributed by atoms with Crippen LogP contribution < -0.4 is 5.32 Å². The number of nitrogens with zero attached hydrogens (tertiary/aromatic N) is 1. The first kappa shape index (κ1) is 24.5. The number of carbonyl (C=O) groups excluding carboxylic acids is 1. The summed E-state index contributed by atoms with van der Waals surface area (Å²) in [6.45, 7) is 2.84. The predicted molar refractivity (Wildman–Crippen MR) is 128 cm³/mol. The molecule has 2 bridgehead atoms. The summed E-state index contributed by atoms with van der Waals surface area (Å²) in [6.07, 6.45) is 10.8. The van der Waals surface area contributed by atoms with Crippen molar-refractivity contribution in [3.63, 3.8) is 0 Å². The number of aryl methyl sites for hydroxylation is 1. The zero-order chi connectivity index (χ0) is 23.9. The molecule has 34 heavy (non-hydrogen) atoms. The van der Waals surface area contributed by atoms with Gasteiger partial charge in [0.2, 0.25) is 5.89 Å². The van der Waals surface area contributed by atoms with Crippen LogP contribution in [0.5, 0.6) is 0 Å². The molecular formula is C27H36N2O5. The lowest BCUT2D eigenvalue weighted by molar-refractivity contribution is -0.136. The number of carbonyl (C=O) groups is 2. The Bertz CT molecular complexity index is 971. The summed E-state index contributed by atoms with van der Waals surface area (Å²) in [5.74, 6) is -0.208. The largest absolute Gasteiger partial charge is 0.481 e. The molecule has 7 heteroatoms. The summed E-state index contributed by atoms with van der Waals surface area (Å²) in [6, 6.07) is 8.04. The van der Waals surface area contributed by atoms with Crippen molar-refractivity contribution in [3.05, 3.63) is 53.2 Å². The van der Waals surface area contributed by atoms with Crippen molar-refractivity contribution in [1.82, 2.24) is 10.3 Å². The number of benzene rings is 1. The Kier molecular flexibility index (Phi) is 8.38. The minimum absolute atomic E-state index is 0.00173. The van der Waals surface area contributed by atoms with Gasteiger partial charge >= 0.3 is 5.97 Å². The molecule has 184 valence electrons. The zero-order valence-electron chi connectivity index (χ0n) is 20.0. The van der Waals surface area contributed by atoms with E-state index in [9.17, 15) is 9.59 Å². The maximum atomic E-state index is 12.6. The van der Waals surface area contributed by atoms with Gasteiger partial charge in [-0.3, -0.25) is 9.59 Å². The van der Waals surface area contributed by atoms with Gasteiger partial charge in [0.1, 0.15) is 6.26 Å². The molecule has 0 spiro atoms. The van der Waals surface area contributed by atoms with Crippen LogP contribution in [0.2, 0.25) is 0 Å². The molecule has 7 nitrogen and oxygen atoms in total. The molecule has 4 unspecified atom stereocenters. The standard InChI is InChI=1S/C27H36N2O5/c1-2-3-4-5-8-15-28-26(32)21-17-33-27(29-21)25-20(22-12-13-23(25)34-22)16-19-10-7-6-9-18(19)11-14-24(30)31/h6-7,9-10,17,20,22-23,25H,2-5,8,11-16H2,1H3,(H,28,32)(H,30,31).